The molecule has 0 aliphatic heterocycles. The molecule has 0 amide bonds. The van der Waals surface area contributed by atoms with Gasteiger partial charge >= 0.3 is 0 Å². The van der Waals surface area contributed by atoms with Crippen molar-refractivity contribution >= 4 is 21.9 Å². The molecule has 10 aromatic rings. The Balaban J connectivity index is 1.13. The quantitative estimate of drug-likeness (QED) is 0.163. The van der Waals surface area contributed by atoms with Crippen LogP contribution in [0.1, 0.15) is 5.56 Å². The standard InChI is InChI=1S/C52H32N4O/c53-33-34-13-9-20-39(29-34)43-23-7-8-24-45(43)52-55-50(41-22-11-19-38(31-41)36-16-5-2-6-17-36)54-51(56-52)42-27-28-46-48(32-42)57-47-26-12-25-44(49(46)47)40-21-10-18-37(30-40)35-14-3-1-4-15-35/h1-32H. The molecule has 0 fully saturated rings. The summed E-state index contributed by atoms with van der Waals surface area (Å²) in [6.45, 7) is 0. The van der Waals surface area contributed by atoms with E-state index in [1.807, 2.05) is 103 Å². The third-order valence-electron chi connectivity index (χ3n) is 10.4. The summed E-state index contributed by atoms with van der Waals surface area (Å²) in [6, 6.07) is 68.1. The lowest BCUT2D eigenvalue weighted by molar-refractivity contribution is 0.669. The Bertz CT molecular complexity index is 3140. The Morgan fingerprint density at radius 2 is 0.860 bits per heavy atom. The molecule has 5 heteroatoms. The fourth-order valence-corrected chi connectivity index (χ4v) is 7.61. The molecule has 0 atom stereocenters. The van der Waals surface area contributed by atoms with E-state index in [9.17, 15) is 5.26 Å². The first kappa shape index (κ1) is 33.6. The Hall–Kier alpha value is -7.94. The van der Waals surface area contributed by atoms with Crippen LogP contribution in [0.25, 0.3) is 101 Å². The molecule has 0 spiro atoms. The van der Waals surface area contributed by atoms with Crippen LogP contribution in [0.2, 0.25) is 0 Å². The minimum atomic E-state index is 0.527. The van der Waals surface area contributed by atoms with Crippen molar-refractivity contribution < 1.29 is 4.42 Å². The van der Waals surface area contributed by atoms with Gasteiger partial charge in [-0.1, -0.05) is 152 Å². The van der Waals surface area contributed by atoms with Gasteiger partial charge in [0.25, 0.3) is 0 Å². The summed E-state index contributed by atoms with van der Waals surface area (Å²) in [5.41, 5.74) is 13.2. The first-order valence-electron chi connectivity index (χ1n) is 18.8. The second-order valence-corrected chi connectivity index (χ2v) is 13.9. The highest BCUT2D eigenvalue weighted by Crippen LogP contribution is 2.40. The van der Waals surface area contributed by atoms with Crippen LogP contribution in [0.15, 0.2) is 199 Å². The number of hydrogen-bond acceptors (Lipinski definition) is 5. The molecule has 0 bridgehead atoms. The van der Waals surface area contributed by atoms with Crippen LogP contribution >= 0.6 is 0 Å². The zero-order chi connectivity index (χ0) is 38.1. The molecule has 0 radical (unpaired) electrons. The Kier molecular flexibility index (Phi) is 8.48. The van der Waals surface area contributed by atoms with E-state index in [1.165, 1.54) is 5.56 Å². The molecule has 2 heterocycles. The highest BCUT2D eigenvalue weighted by molar-refractivity contribution is 6.13. The van der Waals surface area contributed by atoms with Gasteiger partial charge in [-0.05, 0) is 87.0 Å². The van der Waals surface area contributed by atoms with Gasteiger partial charge in [-0.25, -0.2) is 15.0 Å². The van der Waals surface area contributed by atoms with E-state index in [2.05, 4.69) is 97.1 Å². The fraction of sp³-hybridized carbons (Fsp3) is 0. The largest absolute Gasteiger partial charge is 0.456 e. The van der Waals surface area contributed by atoms with Gasteiger partial charge in [-0.2, -0.15) is 5.26 Å². The van der Waals surface area contributed by atoms with Crippen LogP contribution in [-0.4, -0.2) is 15.0 Å². The van der Waals surface area contributed by atoms with E-state index in [1.54, 1.807) is 0 Å². The van der Waals surface area contributed by atoms with Gasteiger partial charge in [0.2, 0.25) is 0 Å². The molecular formula is C52H32N4O. The van der Waals surface area contributed by atoms with E-state index >= 15 is 0 Å². The zero-order valence-electron chi connectivity index (χ0n) is 30.7. The maximum absolute atomic E-state index is 9.68. The fourth-order valence-electron chi connectivity index (χ4n) is 7.61. The molecule has 8 aromatic carbocycles. The van der Waals surface area contributed by atoms with Crippen molar-refractivity contribution in [3.63, 3.8) is 0 Å². The average molecular weight is 729 g/mol. The molecule has 266 valence electrons. The molecule has 0 unspecified atom stereocenters. The molecule has 0 N–H and O–H groups in total. The molecule has 0 saturated carbocycles. The van der Waals surface area contributed by atoms with Gasteiger partial charge in [0.05, 0.1) is 11.6 Å². The first-order chi connectivity index (χ1) is 28.2. The van der Waals surface area contributed by atoms with Crippen molar-refractivity contribution in [2.75, 3.05) is 0 Å². The van der Waals surface area contributed by atoms with Gasteiger partial charge < -0.3 is 4.42 Å². The number of aromatic nitrogens is 3. The number of furan rings is 1. The van der Waals surface area contributed by atoms with Gasteiger partial charge in [0.15, 0.2) is 17.5 Å². The van der Waals surface area contributed by atoms with Crippen molar-refractivity contribution in [2.24, 2.45) is 0 Å². The van der Waals surface area contributed by atoms with Crippen LogP contribution in [0.5, 0.6) is 0 Å². The maximum Gasteiger partial charge on any atom is 0.164 e. The number of fused-ring (bicyclic) bond motifs is 3. The predicted octanol–water partition coefficient (Wildman–Crippen LogP) is 13.3. The van der Waals surface area contributed by atoms with E-state index in [0.717, 1.165) is 77.6 Å². The summed E-state index contributed by atoms with van der Waals surface area (Å²) in [5.74, 6) is 1.61. The Morgan fingerprint density at radius 3 is 1.56 bits per heavy atom. The van der Waals surface area contributed by atoms with E-state index in [-0.39, 0.29) is 0 Å². The number of benzene rings is 8. The highest BCUT2D eigenvalue weighted by atomic mass is 16.3. The minimum Gasteiger partial charge on any atom is -0.456 e. The highest BCUT2D eigenvalue weighted by Gasteiger charge is 2.19. The molecule has 0 saturated heterocycles. The molecule has 0 aliphatic rings. The second kappa shape index (κ2) is 14.4. The molecule has 0 aliphatic carbocycles. The minimum absolute atomic E-state index is 0.527. The predicted molar refractivity (Wildman–Crippen MR) is 230 cm³/mol. The van der Waals surface area contributed by atoms with Crippen LogP contribution in [0, 0.1) is 11.3 Å². The molecule has 57 heavy (non-hydrogen) atoms. The molecular weight excluding hydrogens is 697 g/mol. The summed E-state index contributed by atoms with van der Waals surface area (Å²) in [6.07, 6.45) is 0. The average Bonchev–Trinajstić information content (AvgIpc) is 3.68. The van der Waals surface area contributed by atoms with Crippen molar-refractivity contribution in [1.82, 2.24) is 15.0 Å². The summed E-state index contributed by atoms with van der Waals surface area (Å²) < 4.78 is 6.59. The summed E-state index contributed by atoms with van der Waals surface area (Å²) in [4.78, 5) is 15.4. The third kappa shape index (κ3) is 6.42. The van der Waals surface area contributed by atoms with Gasteiger partial charge in [0, 0.05) is 27.5 Å². The Morgan fingerprint density at radius 1 is 0.351 bits per heavy atom. The number of nitriles is 1. The van der Waals surface area contributed by atoms with E-state index in [0.29, 0.717) is 23.0 Å². The normalized spacial score (nSPS) is 11.1. The molecule has 5 nitrogen and oxygen atoms in total. The van der Waals surface area contributed by atoms with Crippen LogP contribution in [-0.2, 0) is 0 Å². The monoisotopic (exact) mass is 728 g/mol. The van der Waals surface area contributed by atoms with Crippen LogP contribution < -0.4 is 0 Å². The Labute approximate surface area is 329 Å². The lowest BCUT2D eigenvalue weighted by atomic mass is 9.95. The SMILES string of the molecule is N#Cc1cccc(-c2ccccc2-c2nc(-c3cccc(-c4ccccc4)c3)nc(-c3ccc4c(c3)oc3cccc(-c5cccc(-c6ccccc6)c5)c34)n2)c1. The number of nitrogens with zero attached hydrogens (tertiary/aromatic N) is 4. The molecule has 2 aromatic heterocycles. The zero-order valence-corrected chi connectivity index (χ0v) is 30.7. The van der Waals surface area contributed by atoms with Crippen molar-refractivity contribution in [2.45, 2.75) is 0 Å². The van der Waals surface area contributed by atoms with Crippen molar-refractivity contribution in [3.05, 3.63) is 200 Å². The van der Waals surface area contributed by atoms with Crippen LogP contribution in [0.3, 0.4) is 0 Å². The summed E-state index contributed by atoms with van der Waals surface area (Å²) in [7, 11) is 0. The topological polar surface area (TPSA) is 75.6 Å². The third-order valence-corrected chi connectivity index (χ3v) is 10.4. The van der Waals surface area contributed by atoms with Crippen molar-refractivity contribution in [1.29, 1.82) is 5.26 Å². The first-order valence-corrected chi connectivity index (χ1v) is 18.8. The summed E-state index contributed by atoms with van der Waals surface area (Å²) >= 11 is 0. The van der Waals surface area contributed by atoms with E-state index < -0.39 is 0 Å². The van der Waals surface area contributed by atoms with Gasteiger partial charge in [-0.15, -0.1) is 0 Å². The second-order valence-electron chi connectivity index (χ2n) is 13.9. The smallest absolute Gasteiger partial charge is 0.164 e. The summed E-state index contributed by atoms with van der Waals surface area (Å²) in [5, 5.41) is 11.8. The number of hydrogen-bond donors (Lipinski definition) is 0. The van der Waals surface area contributed by atoms with Gasteiger partial charge in [0.1, 0.15) is 11.2 Å². The number of rotatable bonds is 7. The lowest BCUT2D eigenvalue weighted by Gasteiger charge is -2.13. The maximum atomic E-state index is 9.68. The van der Waals surface area contributed by atoms with Crippen molar-refractivity contribution in [3.8, 4) is 84.7 Å². The van der Waals surface area contributed by atoms with E-state index in [4.69, 9.17) is 19.4 Å². The van der Waals surface area contributed by atoms with Crippen LogP contribution in [0.4, 0.5) is 0 Å². The molecule has 10 rings (SSSR count). The van der Waals surface area contributed by atoms with Gasteiger partial charge in [-0.3, -0.25) is 0 Å². The lowest BCUT2D eigenvalue weighted by Crippen LogP contribution is -2.01.